The summed E-state index contributed by atoms with van der Waals surface area (Å²) in [6.07, 6.45) is 28.8. The molecule has 0 fully saturated rings. The van der Waals surface area contributed by atoms with Crippen LogP contribution in [0.25, 0.3) is 0 Å². The quantitative estimate of drug-likeness (QED) is 0.0682. The Kier molecular flexibility index (Phi) is 25.4. The molecule has 0 saturated heterocycles. The van der Waals surface area contributed by atoms with Crippen molar-refractivity contribution in [3.63, 3.8) is 0 Å². The molecule has 0 radical (unpaired) electrons. The molecule has 6 heteroatoms. The zero-order valence-electron chi connectivity index (χ0n) is 23.8. The normalized spacial score (nSPS) is 12.3. The first kappa shape index (κ1) is 34.9. The molecule has 1 atom stereocenters. The van der Waals surface area contributed by atoms with Gasteiger partial charge in [0.05, 0.1) is 0 Å². The predicted octanol–water partition coefficient (Wildman–Crippen LogP) is 8.05. The number of unbranched alkanes of at least 4 members (excludes halogenated alkanes) is 13. The Hall–Kier alpha value is -2.11. The van der Waals surface area contributed by atoms with Crippen molar-refractivity contribution in [3.05, 3.63) is 24.3 Å². The van der Waals surface area contributed by atoms with Gasteiger partial charge in [-0.05, 0) is 51.0 Å². The Morgan fingerprint density at radius 3 is 2.00 bits per heavy atom. The molecule has 0 aromatic heterocycles. The fraction of sp³-hybridized carbons (Fsp3) is 0.774. The minimum atomic E-state index is -1.03. The maximum absolute atomic E-state index is 12.4. The average molecular weight is 522 g/mol. The summed E-state index contributed by atoms with van der Waals surface area (Å²) in [5.74, 6) is -1.36. The highest BCUT2D eigenvalue weighted by atomic mass is 16.5. The number of carbonyl (C=O) groups excluding carboxylic acids is 2. The Morgan fingerprint density at radius 2 is 1.32 bits per heavy atom. The van der Waals surface area contributed by atoms with E-state index in [1.807, 2.05) is 6.08 Å². The molecule has 1 amide bonds. The molecule has 0 aromatic rings. The first-order chi connectivity index (χ1) is 18.0. The van der Waals surface area contributed by atoms with Crippen LogP contribution in [-0.2, 0) is 19.1 Å². The van der Waals surface area contributed by atoms with Crippen LogP contribution in [0.1, 0.15) is 142 Å². The zero-order valence-corrected chi connectivity index (χ0v) is 23.8. The molecule has 0 heterocycles. The Balaban J connectivity index is 4.33. The number of esters is 1. The number of carboxylic acid groups (broad SMARTS) is 1. The first-order valence-corrected chi connectivity index (χ1v) is 15.0. The number of amides is 1. The molecule has 0 saturated carbocycles. The summed E-state index contributed by atoms with van der Waals surface area (Å²) in [6, 6.07) is 0. The van der Waals surface area contributed by atoms with Gasteiger partial charge in [-0.25, -0.2) is 0 Å². The summed E-state index contributed by atoms with van der Waals surface area (Å²) in [5.41, 5.74) is 0. The Morgan fingerprint density at radius 1 is 0.730 bits per heavy atom. The summed E-state index contributed by atoms with van der Waals surface area (Å²) in [5, 5.41) is 11.0. The topological polar surface area (TPSA) is 92.7 Å². The monoisotopic (exact) mass is 521 g/mol. The molecular weight excluding hydrogens is 466 g/mol. The maximum Gasteiger partial charge on any atom is 0.322 e. The second-order valence-electron chi connectivity index (χ2n) is 10.0. The van der Waals surface area contributed by atoms with Gasteiger partial charge in [-0.2, -0.15) is 0 Å². The largest absolute Gasteiger partial charge is 0.480 e. The number of rotatable bonds is 26. The SMILES string of the molecule is CCCCCC/C=C\C/C=C\C(CCCCCCC(=O)NCC(=O)O)OC(=O)CCCCCCCCC. The number of hydrogen-bond donors (Lipinski definition) is 2. The molecular formula is C31H55NO5. The molecule has 1 unspecified atom stereocenters. The molecule has 0 rings (SSSR count). The molecule has 0 bridgehead atoms. The van der Waals surface area contributed by atoms with Gasteiger partial charge in [0.2, 0.25) is 5.91 Å². The third-order valence-corrected chi connectivity index (χ3v) is 6.36. The lowest BCUT2D eigenvalue weighted by atomic mass is 10.1. The highest BCUT2D eigenvalue weighted by Gasteiger charge is 2.11. The van der Waals surface area contributed by atoms with E-state index in [1.54, 1.807) is 0 Å². The maximum atomic E-state index is 12.4. The second kappa shape index (κ2) is 26.9. The highest BCUT2D eigenvalue weighted by molar-refractivity contribution is 5.80. The van der Waals surface area contributed by atoms with E-state index in [2.05, 4.69) is 37.4 Å². The predicted molar refractivity (Wildman–Crippen MR) is 152 cm³/mol. The van der Waals surface area contributed by atoms with E-state index in [0.29, 0.717) is 12.8 Å². The van der Waals surface area contributed by atoms with Gasteiger partial charge in [0, 0.05) is 12.8 Å². The molecule has 214 valence electrons. The van der Waals surface area contributed by atoms with E-state index in [9.17, 15) is 14.4 Å². The van der Waals surface area contributed by atoms with Gasteiger partial charge < -0.3 is 15.2 Å². The standard InChI is InChI=1S/C31H55NO5/c1-3-5-7-9-11-12-14-15-19-23-28(37-31(36)26-22-16-13-10-8-6-4-2)24-20-17-18-21-25-29(33)32-27-30(34)35/h12,14,19,23,28H,3-11,13,15-18,20-22,24-27H2,1-2H3,(H,32,33)(H,34,35)/b14-12-,23-19-. The van der Waals surface area contributed by atoms with Crippen LogP contribution in [0.2, 0.25) is 0 Å². The highest BCUT2D eigenvalue weighted by Crippen LogP contribution is 2.14. The van der Waals surface area contributed by atoms with Crippen molar-refractivity contribution < 1.29 is 24.2 Å². The van der Waals surface area contributed by atoms with E-state index < -0.39 is 5.97 Å². The number of ether oxygens (including phenoxy) is 1. The number of nitrogens with one attached hydrogen (secondary N) is 1. The molecule has 6 nitrogen and oxygen atoms in total. The van der Waals surface area contributed by atoms with Gasteiger partial charge >= 0.3 is 11.9 Å². The van der Waals surface area contributed by atoms with Gasteiger partial charge in [0.25, 0.3) is 0 Å². The summed E-state index contributed by atoms with van der Waals surface area (Å²) in [6.45, 7) is 4.11. The lowest BCUT2D eigenvalue weighted by molar-refractivity contribution is -0.147. The molecule has 0 aromatic carbocycles. The number of hydrogen-bond acceptors (Lipinski definition) is 4. The van der Waals surface area contributed by atoms with Crippen LogP contribution in [0.15, 0.2) is 24.3 Å². The van der Waals surface area contributed by atoms with Crippen LogP contribution in [0.4, 0.5) is 0 Å². The molecule has 0 aliphatic carbocycles. The van der Waals surface area contributed by atoms with Crippen LogP contribution >= 0.6 is 0 Å². The van der Waals surface area contributed by atoms with Crippen LogP contribution in [0.3, 0.4) is 0 Å². The smallest absolute Gasteiger partial charge is 0.322 e. The molecule has 0 aliphatic rings. The molecule has 0 spiro atoms. The van der Waals surface area contributed by atoms with Crippen molar-refractivity contribution in [1.82, 2.24) is 5.32 Å². The van der Waals surface area contributed by atoms with Crippen molar-refractivity contribution in [3.8, 4) is 0 Å². The van der Waals surface area contributed by atoms with Gasteiger partial charge in [-0.1, -0.05) is 103 Å². The van der Waals surface area contributed by atoms with E-state index in [1.165, 1.54) is 57.8 Å². The van der Waals surface area contributed by atoms with Gasteiger partial charge in [0.15, 0.2) is 0 Å². The number of carbonyl (C=O) groups is 3. The first-order valence-electron chi connectivity index (χ1n) is 15.0. The molecule has 2 N–H and O–H groups in total. The number of allylic oxidation sites excluding steroid dienone is 3. The fourth-order valence-corrected chi connectivity index (χ4v) is 4.11. The minimum Gasteiger partial charge on any atom is -0.480 e. The Labute approximate surface area is 226 Å². The van der Waals surface area contributed by atoms with Crippen LogP contribution < -0.4 is 5.32 Å². The number of carboxylic acids is 1. The second-order valence-corrected chi connectivity index (χ2v) is 10.0. The summed E-state index contributed by atoms with van der Waals surface area (Å²) in [4.78, 5) is 34.5. The lowest BCUT2D eigenvalue weighted by Crippen LogP contribution is -2.28. The number of aliphatic carboxylic acids is 1. The summed E-state index contributed by atoms with van der Waals surface area (Å²) >= 11 is 0. The third kappa shape index (κ3) is 26.8. The van der Waals surface area contributed by atoms with Crippen molar-refractivity contribution in [2.45, 2.75) is 148 Å². The summed E-state index contributed by atoms with van der Waals surface area (Å²) in [7, 11) is 0. The average Bonchev–Trinajstić information content (AvgIpc) is 2.87. The van der Waals surface area contributed by atoms with Gasteiger partial charge in [0.1, 0.15) is 12.6 Å². The van der Waals surface area contributed by atoms with E-state index in [4.69, 9.17) is 9.84 Å². The molecule has 37 heavy (non-hydrogen) atoms. The van der Waals surface area contributed by atoms with Crippen LogP contribution in [0.5, 0.6) is 0 Å². The van der Waals surface area contributed by atoms with Gasteiger partial charge in [-0.15, -0.1) is 0 Å². The molecule has 0 aliphatic heterocycles. The lowest BCUT2D eigenvalue weighted by Gasteiger charge is -2.14. The zero-order chi connectivity index (χ0) is 27.4. The summed E-state index contributed by atoms with van der Waals surface area (Å²) < 4.78 is 5.80. The van der Waals surface area contributed by atoms with Crippen molar-refractivity contribution in [1.29, 1.82) is 0 Å². The van der Waals surface area contributed by atoms with Crippen LogP contribution in [-0.4, -0.2) is 35.6 Å². The fourth-order valence-electron chi connectivity index (χ4n) is 4.11. The van der Waals surface area contributed by atoms with Crippen LogP contribution in [0, 0.1) is 0 Å². The van der Waals surface area contributed by atoms with Crippen molar-refractivity contribution in [2.24, 2.45) is 0 Å². The van der Waals surface area contributed by atoms with E-state index in [-0.39, 0.29) is 24.5 Å². The van der Waals surface area contributed by atoms with Crippen molar-refractivity contribution in [2.75, 3.05) is 6.54 Å². The van der Waals surface area contributed by atoms with E-state index >= 15 is 0 Å². The van der Waals surface area contributed by atoms with E-state index in [0.717, 1.165) is 57.8 Å². The minimum absolute atomic E-state index is 0.107. The van der Waals surface area contributed by atoms with Gasteiger partial charge in [-0.3, -0.25) is 14.4 Å². The van der Waals surface area contributed by atoms with Crippen molar-refractivity contribution >= 4 is 17.8 Å². The third-order valence-electron chi connectivity index (χ3n) is 6.36. The Bertz CT molecular complexity index is 629.